The second-order valence-corrected chi connectivity index (χ2v) is 2.85. The van der Waals surface area contributed by atoms with Crippen molar-refractivity contribution in [2.75, 3.05) is 17.9 Å². The van der Waals surface area contributed by atoms with Crippen LogP contribution in [0.25, 0.3) is 0 Å². The van der Waals surface area contributed by atoms with Gasteiger partial charge in [0.05, 0.1) is 16.0 Å². The number of pyridine rings is 1. The highest BCUT2D eigenvalue weighted by molar-refractivity contribution is 9.10. The fourth-order valence-electron chi connectivity index (χ4n) is 0.734. The molecular weight excluding hydrogens is 228 g/mol. The standard InChI is InChI=1S/C10H13BrN2/c11-9-6-10(8-12-7-9)13-4-2-1-3-5-13/h6-8H,1-5H2/i1D2,2D2,3D2,4D2,5D2,6D,7D,8D. The van der Waals surface area contributed by atoms with Gasteiger partial charge in [-0.3, -0.25) is 4.98 Å². The third-order valence-electron chi connectivity index (χ3n) is 1.23. The van der Waals surface area contributed by atoms with Gasteiger partial charge < -0.3 is 4.90 Å². The zero-order valence-corrected chi connectivity index (χ0v) is 7.86. The van der Waals surface area contributed by atoms with Gasteiger partial charge in [0.2, 0.25) is 0 Å². The minimum atomic E-state index is -3.59. The van der Waals surface area contributed by atoms with Gasteiger partial charge in [0.25, 0.3) is 0 Å². The van der Waals surface area contributed by atoms with E-state index in [2.05, 4.69) is 20.9 Å². The van der Waals surface area contributed by atoms with Gasteiger partial charge in [-0.1, -0.05) is 0 Å². The number of nitrogens with zero attached hydrogens (tertiary/aromatic N) is 2. The van der Waals surface area contributed by atoms with Crippen LogP contribution in [0.2, 0.25) is 0 Å². The second kappa shape index (κ2) is 4.09. The van der Waals surface area contributed by atoms with Gasteiger partial charge in [0.15, 0.2) is 0 Å². The summed E-state index contributed by atoms with van der Waals surface area (Å²) in [5.41, 5.74) is -0.897. The molecule has 1 saturated heterocycles. The average Bonchev–Trinajstić information content (AvgIpc) is 2.47. The molecule has 1 aromatic rings. The van der Waals surface area contributed by atoms with Crippen molar-refractivity contribution in [3.63, 3.8) is 0 Å². The molecule has 2 heterocycles. The Hall–Kier alpha value is -0.570. The Bertz CT molecular complexity index is 732. The summed E-state index contributed by atoms with van der Waals surface area (Å²) < 4.78 is 102. The zero-order chi connectivity index (χ0) is 20.7. The van der Waals surface area contributed by atoms with Crippen LogP contribution in [0, 0.1) is 0 Å². The lowest BCUT2D eigenvalue weighted by Crippen LogP contribution is -2.29. The molecule has 0 bridgehead atoms. The van der Waals surface area contributed by atoms with Gasteiger partial charge in [-0.25, -0.2) is 0 Å². The fourth-order valence-corrected chi connectivity index (χ4v) is 1.01. The minimum absolute atomic E-state index is 0.0941. The van der Waals surface area contributed by atoms with Crippen LogP contribution >= 0.6 is 15.9 Å². The van der Waals surface area contributed by atoms with Crippen molar-refractivity contribution in [1.82, 2.24) is 4.98 Å². The minimum Gasteiger partial charge on any atom is -0.370 e. The Balaban J connectivity index is 2.95. The second-order valence-electron chi connectivity index (χ2n) is 2.06. The van der Waals surface area contributed by atoms with Crippen molar-refractivity contribution >= 4 is 21.6 Å². The van der Waals surface area contributed by atoms with E-state index in [1.165, 1.54) is 0 Å². The van der Waals surface area contributed by atoms with Crippen LogP contribution in [0.5, 0.6) is 0 Å². The number of hydrogen-bond donors (Lipinski definition) is 0. The molecule has 0 N–H and O–H groups in total. The number of halogens is 1. The van der Waals surface area contributed by atoms with Crippen molar-refractivity contribution in [2.45, 2.75) is 19.1 Å². The molecule has 0 saturated carbocycles. The fraction of sp³-hybridized carbons (Fsp3) is 0.500. The van der Waals surface area contributed by atoms with Gasteiger partial charge in [0.1, 0.15) is 0 Å². The molecule has 0 unspecified atom stereocenters. The van der Waals surface area contributed by atoms with Crippen molar-refractivity contribution in [1.29, 1.82) is 0 Å². The Labute approximate surface area is 105 Å². The van der Waals surface area contributed by atoms with Gasteiger partial charge in [0, 0.05) is 37.3 Å². The van der Waals surface area contributed by atoms with E-state index in [0.29, 0.717) is 0 Å². The summed E-state index contributed by atoms with van der Waals surface area (Å²) in [6, 6.07) is -0.767. The first-order chi connectivity index (χ1) is 11.4. The third kappa shape index (κ3) is 2.21. The van der Waals surface area contributed by atoms with Gasteiger partial charge in [-0.2, -0.15) is 0 Å². The van der Waals surface area contributed by atoms with Gasteiger partial charge in [-0.15, -0.1) is 0 Å². The molecule has 13 heavy (non-hydrogen) atoms. The smallest absolute Gasteiger partial charge is 0.0862 e. The van der Waals surface area contributed by atoms with E-state index in [1.54, 1.807) is 0 Å². The molecule has 2 nitrogen and oxygen atoms in total. The van der Waals surface area contributed by atoms with Crippen molar-refractivity contribution in [3.8, 4) is 0 Å². The lowest BCUT2D eigenvalue weighted by molar-refractivity contribution is 0.577. The van der Waals surface area contributed by atoms with E-state index in [1.807, 2.05) is 0 Å². The van der Waals surface area contributed by atoms with Crippen LogP contribution in [-0.4, -0.2) is 18.0 Å². The van der Waals surface area contributed by atoms with Gasteiger partial charge in [-0.05, 0) is 41.1 Å². The summed E-state index contributed by atoms with van der Waals surface area (Å²) in [5, 5.41) is 0. The molecule has 1 fully saturated rings. The third-order valence-corrected chi connectivity index (χ3v) is 1.60. The largest absolute Gasteiger partial charge is 0.370 e. The predicted molar refractivity (Wildman–Crippen MR) is 58.0 cm³/mol. The first kappa shape index (κ1) is 2.32. The van der Waals surface area contributed by atoms with Crippen molar-refractivity contribution < 1.29 is 17.8 Å². The monoisotopic (exact) mass is 253 g/mol. The lowest BCUT2D eigenvalue weighted by atomic mass is 10.1. The average molecular weight is 254 g/mol. The zero-order valence-electron chi connectivity index (χ0n) is 19.3. The molecule has 0 aromatic carbocycles. The molecule has 0 atom stereocenters. The van der Waals surface area contributed by atoms with E-state index in [9.17, 15) is 0 Å². The van der Waals surface area contributed by atoms with Gasteiger partial charge >= 0.3 is 0 Å². The number of hydrogen-bond acceptors (Lipinski definition) is 2. The molecule has 0 aliphatic carbocycles. The van der Waals surface area contributed by atoms with Crippen LogP contribution in [0.3, 0.4) is 0 Å². The topological polar surface area (TPSA) is 16.1 Å². The maximum atomic E-state index is 8.04. The Morgan fingerprint density at radius 2 is 2.15 bits per heavy atom. The van der Waals surface area contributed by atoms with Crippen LogP contribution < -0.4 is 4.90 Å². The highest BCUT2D eigenvalue weighted by Gasteiger charge is 2.10. The first-order valence-electron chi connectivity index (χ1n) is 9.81. The van der Waals surface area contributed by atoms with Crippen molar-refractivity contribution in [2.24, 2.45) is 0 Å². The number of anilines is 1. The SMILES string of the molecule is [2H]c1nc([2H])c(N2C([2H])([2H])C([2H])([2H])C([2H])([2H])C([2H])([2H])C2([2H])[2H])c([2H])c1Br. The Kier molecular flexibility index (Phi) is 0.732. The molecule has 2 rings (SSSR count). The maximum absolute atomic E-state index is 8.04. The van der Waals surface area contributed by atoms with Crippen LogP contribution in [0.1, 0.15) is 36.9 Å². The molecule has 1 aliphatic rings. The van der Waals surface area contributed by atoms with Crippen LogP contribution in [0.15, 0.2) is 22.9 Å². The van der Waals surface area contributed by atoms with Crippen molar-refractivity contribution in [3.05, 3.63) is 22.9 Å². The maximum Gasteiger partial charge on any atom is 0.0862 e. The van der Waals surface area contributed by atoms with E-state index in [-0.39, 0.29) is 9.37 Å². The summed E-state index contributed by atoms with van der Waals surface area (Å²) in [4.78, 5) is 3.33. The van der Waals surface area contributed by atoms with Crippen LogP contribution in [0.4, 0.5) is 5.69 Å². The molecule has 70 valence electrons. The molecule has 3 heteroatoms. The number of aromatic nitrogens is 1. The molecule has 0 spiro atoms. The normalized spacial score (nSPS) is 51.5. The predicted octanol–water partition coefficient (Wildman–Crippen LogP) is 2.83. The van der Waals surface area contributed by atoms with E-state index < -0.39 is 56.2 Å². The molecule has 0 radical (unpaired) electrons. The van der Waals surface area contributed by atoms with E-state index in [4.69, 9.17) is 17.8 Å². The first-order valence-corrected chi connectivity index (χ1v) is 4.10. The van der Waals surface area contributed by atoms with Crippen LogP contribution in [-0.2, 0) is 0 Å². The summed E-state index contributed by atoms with van der Waals surface area (Å²) in [6.07, 6.45) is -12.2. The summed E-state index contributed by atoms with van der Waals surface area (Å²) >= 11 is 2.83. The highest BCUT2D eigenvalue weighted by atomic mass is 79.9. The highest BCUT2D eigenvalue weighted by Crippen LogP contribution is 2.21. The number of piperidine rings is 1. The number of rotatable bonds is 1. The molecule has 0 amide bonds. The lowest BCUT2D eigenvalue weighted by Gasteiger charge is -2.28. The van der Waals surface area contributed by atoms with E-state index in [0.717, 1.165) is 0 Å². The Morgan fingerprint density at radius 1 is 1.38 bits per heavy atom. The summed E-state index contributed by atoms with van der Waals surface area (Å²) in [6.45, 7) is -7.00. The quantitative estimate of drug-likeness (QED) is 0.766. The molecule has 1 aromatic heterocycles. The molecular formula is C10H13BrN2. The van der Waals surface area contributed by atoms with E-state index >= 15 is 0 Å². The Morgan fingerprint density at radius 3 is 2.92 bits per heavy atom. The molecule has 1 aliphatic heterocycles. The summed E-state index contributed by atoms with van der Waals surface area (Å²) in [5.74, 6) is 0. The summed E-state index contributed by atoms with van der Waals surface area (Å²) in [7, 11) is 0.